The summed E-state index contributed by atoms with van der Waals surface area (Å²) in [6.45, 7) is 0. The van der Waals surface area contributed by atoms with Crippen molar-refractivity contribution in [2.24, 2.45) is 0 Å². The summed E-state index contributed by atoms with van der Waals surface area (Å²) in [6.07, 6.45) is 0. The molecule has 0 aromatic heterocycles. The van der Waals surface area contributed by atoms with Gasteiger partial charge in [0.1, 0.15) is 0 Å². The van der Waals surface area contributed by atoms with Gasteiger partial charge in [0.25, 0.3) is 0 Å². The highest BCUT2D eigenvalue weighted by Crippen LogP contribution is 2.43. The fourth-order valence-electron chi connectivity index (χ4n) is 7.08. The summed E-state index contributed by atoms with van der Waals surface area (Å²) < 4.78 is 0. The number of fused-ring (bicyclic) bond motifs is 5. The summed E-state index contributed by atoms with van der Waals surface area (Å²) in [6, 6.07) is 61.5. The standard InChI is InChI=1S/C40H28ClNSi/c41-29-25-26-35-37-28-38(42(30-15-5-1-6-16-30)31-17-7-2-8-18-31)34-23-13-14-24-36(34)40(37)43(39(35)27-29,32-19-9-3-10-20-32)33-21-11-4-12-22-33/h1-28H. The summed E-state index contributed by atoms with van der Waals surface area (Å²) in [4.78, 5) is 2.39. The van der Waals surface area contributed by atoms with Crippen molar-refractivity contribution in [3.8, 4) is 11.1 Å². The Morgan fingerprint density at radius 3 is 1.49 bits per heavy atom. The van der Waals surface area contributed by atoms with Crippen molar-refractivity contribution >= 4 is 68.3 Å². The molecule has 0 fully saturated rings. The molecule has 1 heterocycles. The van der Waals surface area contributed by atoms with Crippen LogP contribution in [0.3, 0.4) is 0 Å². The zero-order valence-corrected chi connectivity index (χ0v) is 25.2. The summed E-state index contributed by atoms with van der Waals surface area (Å²) in [7, 11) is -2.74. The number of hydrogen-bond acceptors (Lipinski definition) is 1. The van der Waals surface area contributed by atoms with E-state index in [9.17, 15) is 0 Å². The van der Waals surface area contributed by atoms with Gasteiger partial charge in [-0.25, -0.2) is 0 Å². The van der Waals surface area contributed by atoms with E-state index in [1.807, 2.05) is 6.07 Å². The van der Waals surface area contributed by atoms with Crippen molar-refractivity contribution < 1.29 is 0 Å². The lowest BCUT2D eigenvalue weighted by Gasteiger charge is -2.33. The van der Waals surface area contributed by atoms with Gasteiger partial charge in [0.05, 0.1) is 5.69 Å². The van der Waals surface area contributed by atoms with Crippen molar-refractivity contribution in [1.29, 1.82) is 0 Å². The molecule has 3 heteroatoms. The fraction of sp³-hybridized carbons (Fsp3) is 0. The van der Waals surface area contributed by atoms with Gasteiger partial charge in [0, 0.05) is 21.8 Å². The molecule has 0 bridgehead atoms. The number of para-hydroxylation sites is 2. The van der Waals surface area contributed by atoms with Crippen LogP contribution in [0.2, 0.25) is 5.02 Å². The van der Waals surface area contributed by atoms with E-state index in [0.717, 1.165) is 16.4 Å². The molecule has 0 saturated carbocycles. The molecule has 7 aromatic rings. The largest absolute Gasteiger partial charge is 0.310 e. The Morgan fingerprint density at radius 1 is 0.442 bits per heavy atom. The van der Waals surface area contributed by atoms with Crippen LogP contribution in [0.25, 0.3) is 21.9 Å². The van der Waals surface area contributed by atoms with Gasteiger partial charge in [-0.2, -0.15) is 0 Å². The Balaban J connectivity index is 1.55. The maximum Gasteiger partial charge on any atom is 0.181 e. The molecule has 0 amide bonds. The van der Waals surface area contributed by atoms with Gasteiger partial charge in [-0.15, -0.1) is 0 Å². The Hall–Kier alpha value is -4.89. The van der Waals surface area contributed by atoms with Gasteiger partial charge in [0.15, 0.2) is 8.07 Å². The summed E-state index contributed by atoms with van der Waals surface area (Å²) in [5.41, 5.74) is 5.98. The monoisotopic (exact) mass is 585 g/mol. The van der Waals surface area contributed by atoms with Crippen molar-refractivity contribution in [3.63, 3.8) is 0 Å². The van der Waals surface area contributed by atoms with E-state index in [2.05, 4.69) is 169 Å². The number of halogens is 1. The van der Waals surface area contributed by atoms with Crippen molar-refractivity contribution in [1.82, 2.24) is 0 Å². The van der Waals surface area contributed by atoms with Crippen molar-refractivity contribution in [3.05, 3.63) is 175 Å². The minimum Gasteiger partial charge on any atom is -0.310 e. The van der Waals surface area contributed by atoms with Crippen molar-refractivity contribution in [2.75, 3.05) is 4.90 Å². The Labute approximate surface area is 258 Å². The highest BCUT2D eigenvalue weighted by Gasteiger charge is 2.50. The number of hydrogen-bond donors (Lipinski definition) is 0. The summed E-state index contributed by atoms with van der Waals surface area (Å²) >= 11 is 6.84. The predicted octanol–water partition coefficient (Wildman–Crippen LogP) is 8.32. The predicted molar refractivity (Wildman–Crippen MR) is 186 cm³/mol. The third kappa shape index (κ3) is 3.99. The van der Waals surface area contributed by atoms with E-state index in [-0.39, 0.29) is 0 Å². The van der Waals surface area contributed by atoms with Crippen LogP contribution in [0.5, 0.6) is 0 Å². The normalized spacial score (nSPS) is 13.0. The molecule has 1 nitrogen and oxygen atoms in total. The molecule has 0 saturated heterocycles. The lowest BCUT2D eigenvalue weighted by Crippen LogP contribution is -2.73. The van der Waals surface area contributed by atoms with Crippen LogP contribution in [0.1, 0.15) is 0 Å². The molecule has 204 valence electrons. The molecule has 0 radical (unpaired) electrons. The zero-order valence-electron chi connectivity index (χ0n) is 23.5. The van der Waals surface area contributed by atoms with Gasteiger partial charge in [-0.05, 0) is 79.7 Å². The van der Waals surface area contributed by atoms with E-state index in [1.165, 1.54) is 48.3 Å². The maximum atomic E-state index is 6.84. The van der Waals surface area contributed by atoms with E-state index in [1.54, 1.807) is 0 Å². The minimum absolute atomic E-state index is 0.773. The molecule has 0 spiro atoms. The third-order valence-corrected chi connectivity index (χ3v) is 13.9. The van der Waals surface area contributed by atoms with Gasteiger partial charge in [0.2, 0.25) is 0 Å². The fourth-order valence-corrected chi connectivity index (χ4v) is 12.8. The first-order valence-electron chi connectivity index (χ1n) is 14.6. The van der Waals surface area contributed by atoms with Crippen molar-refractivity contribution in [2.45, 2.75) is 0 Å². The van der Waals surface area contributed by atoms with Crippen LogP contribution >= 0.6 is 11.6 Å². The summed E-state index contributed by atoms with van der Waals surface area (Å²) in [5, 5.41) is 8.81. The molecular formula is C40H28ClNSi. The van der Waals surface area contributed by atoms with Gasteiger partial charge < -0.3 is 4.90 Å². The Kier molecular flexibility index (Phi) is 6.25. The first kappa shape index (κ1) is 25.8. The second-order valence-corrected chi connectivity index (χ2v) is 15.2. The number of benzene rings is 7. The van der Waals surface area contributed by atoms with Gasteiger partial charge in [-0.1, -0.05) is 139 Å². The van der Waals surface area contributed by atoms with Gasteiger partial charge in [-0.3, -0.25) is 0 Å². The first-order valence-corrected chi connectivity index (χ1v) is 17.0. The molecule has 0 unspecified atom stereocenters. The Morgan fingerprint density at radius 2 is 0.930 bits per heavy atom. The molecule has 8 rings (SSSR count). The van der Waals surface area contributed by atoms with E-state index in [4.69, 9.17) is 11.6 Å². The maximum absolute atomic E-state index is 6.84. The van der Waals surface area contributed by atoms with Crippen LogP contribution in [0.4, 0.5) is 17.1 Å². The van der Waals surface area contributed by atoms with Crippen LogP contribution in [0.15, 0.2) is 170 Å². The van der Waals surface area contributed by atoms with E-state index >= 15 is 0 Å². The zero-order chi connectivity index (χ0) is 28.8. The topological polar surface area (TPSA) is 3.24 Å². The average Bonchev–Trinajstić information content (AvgIpc) is 3.37. The highest BCUT2D eigenvalue weighted by atomic mass is 35.5. The third-order valence-electron chi connectivity index (χ3n) is 8.76. The molecule has 0 N–H and O–H groups in total. The second-order valence-electron chi connectivity index (χ2n) is 11.0. The molecular weight excluding hydrogens is 558 g/mol. The van der Waals surface area contributed by atoms with Gasteiger partial charge >= 0.3 is 0 Å². The number of rotatable bonds is 5. The van der Waals surface area contributed by atoms with Crippen LogP contribution in [0, 0.1) is 0 Å². The molecule has 1 aliphatic rings. The first-order chi connectivity index (χ1) is 21.3. The molecule has 43 heavy (non-hydrogen) atoms. The summed E-state index contributed by atoms with van der Waals surface area (Å²) in [5.74, 6) is 0. The average molecular weight is 586 g/mol. The minimum atomic E-state index is -2.74. The van der Waals surface area contributed by atoms with Crippen LogP contribution in [-0.2, 0) is 0 Å². The molecule has 0 aliphatic carbocycles. The lowest BCUT2D eigenvalue weighted by atomic mass is 9.98. The second kappa shape index (κ2) is 10.4. The molecule has 7 aromatic carbocycles. The highest BCUT2D eigenvalue weighted by molar-refractivity contribution is 7.23. The smallest absolute Gasteiger partial charge is 0.181 e. The van der Waals surface area contributed by atoms with Crippen LogP contribution in [-0.4, -0.2) is 8.07 Å². The Bertz CT molecular complexity index is 2000. The van der Waals surface area contributed by atoms with Crippen LogP contribution < -0.4 is 25.6 Å². The van der Waals surface area contributed by atoms with E-state index in [0.29, 0.717) is 0 Å². The number of nitrogens with zero attached hydrogens (tertiary/aromatic N) is 1. The van der Waals surface area contributed by atoms with E-state index < -0.39 is 8.07 Å². The quantitative estimate of drug-likeness (QED) is 0.184. The lowest BCUT2D eigenvalue weighted by molar-refractivity contribution is 1.30. The molecule has 1 aliphatic heterocycles. The number of anilines is 3. The SMILES string of the molecule is Clc1ccc2c(c1)[Si](c1ccccc1)(c1ccccc1)c1c-2cc(N(c2ccccc2)c2ccccc2)c2ccccc12. The molecule has 0 atom stereocenters.